The van der Waals surface area contributed by atoms with Crippen molar-refractivity contribution in [2.75, 3.05) is 13.2 Å². The summed E-state index contributed by atoms with van der Waals surface area (Å²) < 4.78 is 33.4. The topological polar surface area (TPSA) is 58.7 Å². The Bertz CT molecular complexity index is 1040. The molecular weight excluding hydrogens is 446 g/mol. The van der Waals surface area contributed by atoms with E-state index in [9.17, 15) is 13.9 Å². The maximum absolute atomic E-state index is 13.7. The van der Waals surface area contributed by atoms with Crippen LogP contribution in [-0.2, 0) is 11.2 Å². The van der Waals surface area contributed by atoms with Crippen LogP contribution in [0.3, 0.4) is 0 Å². The predicted octanol–water partition coefficient (Wildman–Crippen LogP) is 4.63. The lowest BCUT2D eigenvalue weighted by Gasteiger charge is -2.37. The first-order valence-corrected chi connectivity index (χ1v) is 11.9. The summed E-state index contributed by atoms with van der Waals surface area (Å²) in [6.07, 6.45) is 1.40. The number of likely N-dealkylation sites (tertiary alicyclic amines) is 1. The molecule has 35 heavy (non-hydrogen) atoms. The molecule has 3 aromatic carbocycles. The van der Waals surface area contributed by atoms with Crippen molar-refractivity contribution in [3.05, 3.63) is 120 Å². The molecule has 0 saturated carbocycles. The highest BCUT2D eigenvalue weighted by Crippen LogP contribution is 2.37. The molecule has 1 aliphatic rings. The summed E-state index contributed by atoms with van der Waals surface area (Å²) in [5.74, 6) is -1.31. The highest BCUT2D eigenvalue weighted by molar-refractivity contribution is 5.33. The molecular formula is C29H32F2N2O2. The fourth-order valence-corrected chi connectivity index (χ4v) is 5.06. The van der Waals surface area contributed by atoms with Gasteiger partial charge in [0.2, 0.25) is 0 Å². The van der Waals surface area contributed by atoms with E-state index in [0.717, 1.165) is 17.2 Å². The molecule has 3 N–H and O–H groups in total. The van der Waals surface area contributed by atoms with E-state index in [1.165, 1.54) is 12.1 Å². The Morgan fingerprint density at radius 1 is 1.00 bits per heavy atom. The van der Waals surface area contributed by atoms with Crippen molar-refractivity contribution in [3.8, 4) is 0 Å². The monoisotopic (exact) mass is 478 g/mol. The summed E-state index contributed by atoms with van der Waals surface area (Å²) in [5, 5.41) is 11.4. The number of benzene rings is 3. The van der Waals surface area contributed by atoms with Gasteiger partial charge in [0.1, 0.15) is 11.6 Å². The van der Waals surface area contributed by atoms with Gasteiger partial charge in [-0.25, -0.2) is 8.78 Å². The van der Waals surface area contributed by atoms with Crippen LogP contribution in [0.4, 0.5) is 8.78 Å². The second kappa shape index (κ2) is 11.7. The van der Waals surface area contributed by atoms with E-state index in [-0.39, 0.29) is 24.6 Å². The lowest BCUT2D eigenvalue weighted by Crippen LogP contribution is -2.50. The third-order valence-electron chi connectivity index (χ3n) is 6.58. The summed E-state index contributed by atoms with van der Waals surface area (Å²) in [6, 6.07) is 22.5. The van der Waals surface area contributed by atoms with Gasteiger partial charge in [-0.3, -0.25) is 4.90 Å². The fraction of sp³-hybridized carbons (Fsp3) is 0.310. The van der Waals surface area contributed by atoms with Gasteiger partial charge in [-0.15, -0.1) is 6.58 Å². The van der Waals surface area contributed by atoms with Crippen LogP contribution in [0, 0.1) is 11.6 Å². The lowest BCUT2D eigenvalue weighted by atomic mass is 9.92. The zero-order valence-corrected chi connectivity index (χ0v) is 19.6. The molecule has 1 heterocycles. The van der Waals surface area contributed by atoms with E-state index in [2.05, 4.69) is 35.7 Å². The second-order valence-corrected chi connectivity index (χ2v) is 9.10. The lowest BCUT2D eigenvalue weighted by molar-refractivity contribution is 0.0405. The van der Waals surface area contributed by atoms with Gasteiger partial charge in [0.25, 0.3) is 0 Å². The summed E-state index contributed by atoms with van der Waals surface area (Å²) >= 11 is 0. The van der Waals surface area contributed by atoms with Crippen LogP contribution >= 0.6 is 0 Å². The molecule has 6 heteroatoms. The summed E-state index contributed by atoms with van der Waals surface area (Å²) in [5.41, 5.74) is 9.05. The van der Waals surface area contributed by atoms with Crippen LogP contribution in [0.2, 0.25) is 0 Å². The SMILES string of the molecule is C=CCO[C@@H]1C[C@H]([C@@H](O)[C@@H](N)Cc2cc(F)cc(F)c2)N(C(c2ccccc2)c2ccccc2)C1. The fourth-order valence-electron chi connectivity index (χ4n) is 5.06. The minimum atomic E-state index is -0.936. The number of nitrogens with zero attached hydrogens (tertiary/aromatic N) is 1. The number of halogens is 2. The predicted molar refractivity (Wildman–Crippen MR) is 134 cm³/mol. The Labute approximate surface area is 205 Å². The van der Waals surface area contributed by atoms with Crippen LogP contribution in [0.5, 0.6) is 0 Å². The highest BCUT2D eigenvalue weighted by atomic mass is 19.1. The van der Waals surface area contributed by atoms with E-state index >= 15 is 0 Å². The van der Waals surface area contributed by atoms with E-state index in [0.29, 0.717) is 25.1 Å². The van der Waals surface area contributed by atoms with E-state index in [1.54, 1.807) is 6.08 Å². The van der Waals surface area contributed by atoms with E-state index in [1.807, 2.05) is 36.4 Å². The van der Waals surface area contributed by atoms with Gasteiger partial charge in [-0.2, -0.15) is 0 Å². The molecule has 4 atom stereocenters. The number of hydrogen-bond acceptors (Lipinski definition) is 4. The smallest absolute Gasteiger partial charge is 0.126 e. The van der Waals surface area contributed by atoms with Gasteiger partial charge in [0, 0.05) is 24.7 Å². The molecule has 0 amide bonds. The first-order valence-electron chi connectivity index (χ1n) is 11.9. The number of aliphatic hydroxyl groups is 1. The van der Waals surface area contributed by atoms with Crippen LogP contribution in [0.1, 0.15) is 29.2 Å². The highest BCUT2D eigenvalue weighted by Gasteiger charge is 2.43. The minimum Gasteiger partial charge on any atom is -0.390 e. The Balaban J connectivity index is 1.64. The number of aliphatic hydroxyl groups excluding tert-OH is 1. The zero-order valence-electron chi connectivity index (χ0n) is 19.6. The van der Waals surface area contributed by atoms with Crippen molar-refractivity contribution in [2.45, 2.75) is 43.2 Å². The van der Waals surface area contributed by atoms with Crippen LogP contribution < -0.4 is 5.73 Å². The molecule has 1 saturated heterocycles. The van der Waals surface area contributed by atoms with Crippen molar-refractivity contribution < 1.29 is 18.6 Å². The van der Waals surface area contributed by atoms with Gasteiger partial charge in [0.15, 0.2) is 0 Å². The van der Waals surface area contributed by atoms with Crippen molar-refractivity contribution in [3.63, 3.8) is 0 Å². The number of ether oxygens (including phenoxy) is 1. The first-order chi connectivity index (χ1) is 17.0. The van der Waals surface area contributed by atoms with Crippen molar-refractivity contribution in [1.29, 1.82) is 0 Å². The number of rotatable bonds is 10. The van der Waals surface area contributed by atoms with Crippen molar-refractivity contribution in [1.82, 2.24) is 4.90 Å². The molecule has 0 spiro atoms. The molecule has 0 aromatic heterocycles. The standard InChI is InChI=1S/C29H32F2N2O2/c1-2-13-35-25-18-27(29(34)26(32)16-20-14-23(30)17-24(31)15-20)33(19-25)28(21-9-5-3-6-10-21)22-11-7-4-8-12-22/h2-12,14-15,17,25-29,34H,1,13,16,18-19,32H2/t25-,26+,27-,29+/m1/s1. The van der Waals surface area contributed by atoms with Crippen molar-refractivity contribution >= 4 is 0 Å². The molecule has 4 nitrogen and oxygen atoms in total. The average molecular weight is 479 g/mol. The van der Waals surface area contributed by atoms with Gasteiger partial charge in [-0.05, 0) is 41.7 Å². The third-order valence-corrected chi connectivity index (χ3v) is 6.58. The Morgan fingerprint density at radius 3 is 2.11 bits per heavy atom. The zero-order chi connectivity index (χ0) is 24.8. The molecule has 184 valence electrons. The molecule has 4 rings (SSSR count). The normalized spacial score (nSPS) is 20.1. The van der Waals surface area contributed by atoms with Gasteiger partial charge in [0.05, 0.1) is 24.9 Å². The molecule has 0 unspecified atom stereocenters. The maximum Gasteiger partial charge on any atom is 0.126 e. The van der Waals surface area contributed by atoms with Gasteiger partial charge in [-0.1, -0.05) is 66.7 Å². The minimum absolute atomic E-state index is 0.110. The Hall–Kier alpha value is -2.90. The van der Waals surface area contributed by atoms with Crippen LogP contribution in [0.15, 0.2) is 91.5 Å². The average Bonchev–Trinajstić information content (AvgIpc) is 3.26. The molecule has 0 radical (unpaired) electrons. The maximum atomic E-state index is 13.7. The van der Waals surface area contributed by atoms with Crippen LogP contribution in [-0.4, -0.2) is 47.4 Å². The van der Waals surface area contributed by atoms with Gasteiger partial charge >= 0.3 is 0 Å². The Kier molecular flexibility index (Phi) is 8.42. The van der Waals surface area contributed by atoms with Crippen LogP contribution in [0.25, 0.3) is 0 Å². The largest absolute Gasteiger partial charge is 0.390 e. The molecule has 1 fully saturated rings. The second-order valence-electron chi connectivity index (χ2n) is 9.10. The van der Waals surface area contributed by atoms with Crippen molar-refractivity contribution in [2.24, 2.45) is 5.73 Å². The Morgan fingerprint density at radius 2 is 1.57 bits per heavy atom. The summed E-state index contributed by atoms with van der Waals surface area (Å²) in [6.45, 7) is 4.76. The third kappa shape index (κ3) is 6.21. The summed E-state index contributed by atoms with van der Waals surface area (Å²) in [7, 11) is 0. The number of nitrogens with two attached hydrogens (primary N) is 1. The van der Waals surface area contributed by atoms with Gasteiger partial charge < -0.3 is 15.6 Å². The quantitative estimate of drug-likeness (QED) is 0.417. The molecule has 0 bridgehead atoms. The summed E-state index contributed by atoms with van der Waals surface area (Å²) in [4.78, 5) is 2.25. The molecule has 3 aromatic rings. The van der Waals surface area contributed by atoms with E-state index < -0.39 is 23.8 Å². The number of hydrogen-bond donors (Lipinski definition) is 2. The molecule has 0 aliphatic carbocycles. The molecule has 1 aliphatic heterocycles. The first kappa shape index (κ1) is 25.2. The van der Waals surface area contributed by atoms with E-state index in [4.69, 9.17) is 10.5 Å².